The van der Waals surface area contributed by atoms with E-state index in [1.54, 1.807) is 12.3 Å². The molecule has 20 heavy (non-hydrogen) atoms. The number of para-hydroxylation sites is 1. The van der Waals surface area contributed by atoms with Crippen LogP contribution in [0.1, 0.15) is 0 Å². The highest BCUT2D eigenvalue weighted by molar-refractivity contribution is 5.74. The minimum absolute atomic E-state index is 0.388. The summed E-state index contributed by atoms with van der Waals surface area (Å²) in [6.45, 7) is 0. The lowest BCUT2D eigenvalue weighted by Crippen LogP contribution is -2.46. The van der Waals surface area contributed by atoms with Gasteiger partial charge >= 0.3 is 5.76 Å². The van der Waals surface area contributed by atoms with E-state index in [0.29, 0.717) is 5.58 Å². The zero-order valence-electron chi connectivity index (χ0n) is 11.4. The summed E-state index contributed by atoms with van der Waals surface area (Å²) in [5.74, 6) is -0.388. The molecular weight excluding hydrogens is 252 g/mol. The number of hydrogen-bond donors (Lipinski definition) is 0. The first-order valence-corrected chi connectivity index (χ1v) is 6.37. The van der Waals surface area contributed by atoms with Gasteiger partial charge in [-0.25, -0.2) is 0 Å². The fourth-order valence-electron chi connectivity index (χ4n) is 2.11. The number of rotatable bonds is 2. The van der Waals surface area contributed by atoms with Crippen molar-refractivity contribution < 1.29 is 8.98 Å². The Morgan fingerprint density at radius 3 is 2.40 bits per heavy atom. The van der Waals surface area contributed by atoms with Crippen molar-refractivity contribution in [3.63, 3.8) is 0 Å². The second kappa shape index (κ2) is 4.81. The second-order valence-corrected chi connectivity index (χ2v) is 4.82. The number of hydrogen-bond acceptors (Lipinski definition) is 3. The number of aromatic nitrogens is 1. The lowest BCUT2D eigenvalue weighted by atomic mass is 10.2. The third-order valence-electron chi connectivity index (χ3n) is 3.23. The van der Waals surface area contributed by atoms with Gasteiger partial charge in [-0.1, -0.05) is 16.7 Å². The number of nitrogens with zero attached hydrogens (tertiary/aromatic N) is 2. The van der Waals surface area contributed by atoms with E-state index in [-0.39, 0.29) is 5.76 Å². The van der Waals surface area contributed by atoms with Gasteiger partial charge in [-0.3, -0.25) is 0 Å². The Bertz CT molecular complexity index is 805. The van der Waals surface area contributed by atoms with Crippen LogP contribution < -0.4 is 15.2 Å². The molecule has 3 aromatic rings. The highest BCUT2D eigenvalue weighted by Crippen LogP contribution is 2.13. The Balaban J connectivity index is 2.13. The summed E-state index contributed by atoms with van der Waals surface area (Å²) in [6, 6.07) is 15.2. The third kappa shape index (κ3) is 2.16. The van der Waals surface area contributed by atoms with Crippen molar-refractivity contribution in [1.29, 1.82) is 0 Å². The van der Waals surface area contributed by atoms with Crippen LogP contribution in [0.4, 0.5) is 5.69 Å². The summed E-state index contributed by atoms with van der Waals surface area (Å²) in [7, 11) is 3.96. The molecule has 0 radical (unpaired) electrons. The lowest BCUT2D eigenvalue weighted by Gasteiger charge is -2.11. The first-order chi connectivity index (χ1) is 9.65. The minimum Gasteiger partial charge on any atom is -0.378 e. The summed E-state index contributed by atoms with van der Waals surface area (Å²) < 4.78 is 6.84. The number of fused-ring (bicyclic) bond motifs is 1. The summed E-state index contributed by atoms with van der Waals surface area (Å²) >= 11 is 0. The molecule has 0 fully saturated rings. The highest BCUT2D eigenvalue weighted by Gasteiger charge is 2.15. The summed E-state index contributed by atoms with van der Waals surface area (Å²) in [5.41, 5.74) is 2.47. The normalized spacial score (nSPS) is 10.7. The van der Waals surface area contributed by atoms with Gasteiger partial charge in [-0.2, -0.15) is 4.79 Å². The molecule has 0 N–H and O–H groups in total. The standard InChI is InChI=1S/C16H15N2O2/c1-17(2)13-7-9-14(10-8-13)18-11-12-5-3-4-6-15(12)20-16(18)19/h3-11H,1-2H3/q+1. The van der Waals surface area contributed by atoms with E-state index in [1.165, 1.54) is 4.57 Å². The van der Waals surface area contributed by atoms with E-state index in [2.05, 4.69) is 0 Å². The van der Waals surface area contributed by atoms with Gasteiger partial charge in [0.15, 0.2) is 11.8 Å². The molecule has 100 valence electrons. The van der Waals surface area contributed by atoms with E-state index in [9.17, 15) is 4.79 Å². The Kier molecular flexibility index (Phi) is 2.99. The average Bonchev–Trinajstić information content (AvgIpc) is 2.46. The summed E-state index contributed by atoms with van der Waals surface area (Å²) in [5, 5.41) is 0.892. The molecule has 0 bridgehead atoms. The second-order valence-electron chi connectivity index (χ2n) is 4.82. The molecule has 0 aliphatic rings. The van der Waals surface area contributed by atoms with Gasteiger partial charge in [0.05, 0.1) is 5.39 Å². The predicted molar refractivity (Wildman–Crippen MR) is 78.3 cm³/mol. The van der Waals surface area contributed by atoms with Crippen LogP contribution in [0.25, 0.3) is 16.7 Å². The van der Waals surface area contributed by atoms with Crippen LogP contribution in [0.15, 0.2) is 63.9 Å². The predicted octanol–water partition coefficient (Wildman–Crippen LogP) is 2.14. The zero-order valence-corrected chi connectivity index (χ0v) is 11.4. The molecule has 1 aromatic heterocycles. The molecule has 0 amide bonds. The van der Waals surface area contributed by atoms with Crippen LogP contribution in [0.3, 0.4) is 0 Å². The van der Waals surface area contributed by atoms with Gasteiger partial charge < -0.3 is 9.32 Å². The lowest BCUT2D eigenvalue weighted by molar-refractivity contribution is -0.623. The molecule has 0 spiro atoms. The largest absolute Gasteiger partial charge is 0.608 e. The van der Waals surface area contributed by atoms with E-state index in [1.807, 2.05) is 61.5 Å². The molecule has 0 atom stereocenters. The first-order valence-electron chi connectivity index (χ1n) is 6.37. The maximum atomic E-state index is 12.0. The summed E-state index contributed by atoms with van der Waals surface area (Å²) in [4.78, 5) is 14.0. The highest BCUT2D eigenvalue weighted by atomic mass is 16.4. The van der Waals surface area contributed by atoms with Gasteiger partial charge in [0, 0.05) is 31.9 Å². The third-order valence-corrected chi connectivity index (χ3v) is 3.23. The molecule has 0 unspecified atom stereocenters. The monoisotopic (exact) mass is 267 g/mol. The van der Waals surface area contributed by atoms with E-state index in [0.717, 1.165) is 16.8 Å². The van der Waals surface area contributed by atoms with Crippen LogP contribution >= 0.6 is 0 Å². The zero-order chi connectivity index (χ0) is 14.1. The van der Waals surface area contributed by atoms with Crippen LogP contribution in [0.5, 0.6) is 0 Å². The topological polar surface area (TPSA) is 37.3 Å². The quantitative estimate of drug-likeness (QED) is 0.668. The van der Waals surface area contributed by atoms with E-state index < -0.39 is 0 Å². The van der Waals surface area contributed by atoms with Crippen LogP contribution in [-0.2, 0) is 0 Å². The van der Waals surface area contributed by atoms with Crippen molar-refractivity contribution in [2.75, 3.05) is 19.0 Å². The Morgan fingerprint density at radius 2 is 1.70 bits per heavy atom. The van der Waals surface area contributed by atoms with Crippen molar-refractivity contribution in [2.45, 2.75) is 0 Å². The number of anilines is 1. The Morgan fingerprint density at radius 1 is 1.00 bits per heavy atom. The van der Waals surface area contributed by atoms with Crippen LogP contribution in [0.2, 0.25) is 0 Å². The van der Waals surface area contributed by atoms with Crippen molar-refractivity contribution in [3.8, 4) is 5.69 Å². The molecule has 2 aromatic carbocycles. The van der Waals surface area contributed by atoms with Crippen molar-refractivity contribution in [1.82, 2.24) is 0 Å². The van der Waals surface area contributed by atoms with Gasteiger partial charge in [0.2, 0.25) is 5.69 Å². The molecule has 1 heterocycles. The van der Waals surface area contributed by atoms with E-state index >= 15 is 0 Å². The van der Waals surface area contributed by atoms with Gasteiger partial charge in [0.1, 0.15) is 0 Å². The fraction of sp³-hybridized carbons (Fsp3) is 0.125. The Labute approximate surface area is 116 Å². The maximum Gasteiger partial charge on any atom is 0.608 e. The molecule has 0 aliphatic heterocycles. The molecule has 0 saturated heterocycles. The van der Waals surface area contributed by atoms with Crippen LogP contribution in [0, 0.1) is 0 Å². The first kappa shape index (κ1) is 12.4. The van der Waals surface area contributed by atoms with Gasteiger partial charge in [-0.05, 0) is 24.3 Å². The average molecular weight is 267 g/mol. The molecule has 4 nitrogen and oxygen atoms in total. The smallest absolute Gasteiger partial charge is 0.378 e. The van der Waals surface area contributed by atoms with Crippen LogP contribution in [-0.4, -0.2) is 14.1 Å². The van der Waals surface area contributed by atoms with Crippen molar-refractivity contribution in [3.05, 3.63) is 65.3 Å². The minimum atomic E-state index is -0.388. The van der Waals surface area contributed by atoms with Gasteiger partial charge in [-0.15, -0.1) is 0 Å². The molecule has 4 heteroatoms. The van der Waals surface area contributed by atoms with Crippen molar-refractivity contribution in [2.24, 2.45) is 0 Å². The van der Waals surface area contributed by atoms with Gasteiger partial charge in [0.25, 0.3) is 0 Å². The molecule has 0 saturated carbocycles. The summed E-state index contributed by atoms with van der Waals surface area (Å²) in [6.07, 6.45) is 1.80. The SMILES string of the molecule is CN(C)c1ccc(-[n+]2cc3ccccc3oc2=O)cc1. The van der Waals surface area contributed by atoms with E-state index in [4.69, 9.17) is 4.42 Å². The number of benzene rings is 2. The molecule has 0 aliphatic carbocycles. The molecular formula is C16H15N2O2+. The van der Waals surface area contributed by atoms with Crippen molar-refractivity contribution >= 4 is 16.7 Å². The maximum absolute atomic E-state index is 12.0. The molecule has 3 rings (SSSR count). The fourth-order valence-corrected chi connectivity index (χ4v) is 2.11. The Hall–Kier alpha value is -2.62.